The molecule has 1 saturated heterocycles. The Balaban J connectivity index is 1.54. The summed E-state index contributed by atoms with van der Waals surface area (Å²) in [5, 5.41) is 4.76. The number of aromatic nitrogens is 2. The summed E-state index contributed by atoms with van der Waals surface area (Å²) in [4.78, 5) is 18.8. The van der Waals surface area contributed by atoms with Crippen molar-refractivity contribution in [2.45, 2.75) is 26.2 Å². The van der Waals surface area contributed by atoms with Crippen molar-refractivity contribution in [3.05, 3.63) is 53.3 Å². The molecule has 1 aliphatic heterocycles. The second-order valence-electron chi connectivity index (χ2n) is 6.87. The molecule has 1 fully saturated rings. The van der Waals surface area contributed by atoms with Crippen LogP contribution in [0.4, 0.5) is 5.69 Å². The molecule has 3 aromatic rings. The summed E-state index contributed by atoms with van der Waals surface area (Å²) in [7, 11) is 0. The first-order chi connectivity index (χ1) is 14.6. The van der Waals surface area contributed by atoms with Crippen LogP contribution < -0.4 is 14.4 Å². The first kappa shape index (κ1) is 20.2. The number of halogens is 1. The Labute approximate surface area is 179 Å². The molecular weight excluding hydrogens is 406 g/mol. The number of ether oxygens (including phenoxy) is 2. The van der Waals surface area contributed by atoms with E-state index < -0.39 is 0 Å². The molecular formula is C22H22ClN3O4. The van der Waals surface area contributed by atoms with Crippen LogP contribution in [0.2, 0.25) is 5.02 Å². The van der Waals surface area contributed by atoms with Gasteiger partial charge in [-0.1, -0.05) is 16.8 Å². The van der Waals surface area contributed by atoms with Gasteiger partial charge in [-0.25, -0.2) is 0 Å². The van der Waals surface area contributed by atoms with Gasteiger partial charge >= 0.3 is 0 Å². The minimum absolute atomic E-state index is 0.0216. The molecule has 7 nitrogen and oxygen atoms in total. The highest BCUT2D eigenvalue weighted by atomic mass is 35.5. The molecule has 2 aromatic carbocycles. The van der Waals surface area contributed by atoms with Crippen LogP contribution in [-0.4, -0.2) is 35.8 Å². The van der Waals surface area contributed by atoms with Crippen LogP contribution in [0.25, 0.3) is 11.5 Å². The second-order valence-corrected chi connectivity index (χ2v) is 7.30. The van der Waals surface area contributed by atoms with Gasteiger partial charge in [0.1, 0.15) is 0 Å². The van der Waals surface area contributed by atoms with Gasteiger partial charge < -0.3 is 18.9 Å². The van der Waals surface area contributed by atoms with Crippen LogP contribution in [0.15, 0.2) is 47.0 Å². The van der Waals surface area contributed by atoms with Crippen LogP contribution in [0, 0.1) is 0 Å². The van der Waals surface area contributed by atoms with E-state index in [0.717, 1.165) is 11.3 Å². The zero-order chi connectivity index (χ0) is 21.1. The summed E-state index contributed by atoms with van der Waals surface area (Å²) in [5.41, 5.74) is 1.54. The number of amides is 1. The fourth-order valence-electron chi connectivity index (χ4n) is 3.45. The summed E-state index contributed by atoms with van der Waals surface area (Å²) in [6.45, 7) is 5.39. The van der Waals surface area contributed by atoms with E-state index in [-0.39, 0.29) is 11.8 Å². The lowest BCUT2D eigenvalue weighted by Crippen LogP contribution is -2.24. The number of carbonyl (C=O) groups excluding carboxylic acids is 1. The lowest BCUT2D eigenvalue weighted by atomic mass is 10.1. The molecule has 4 rings (SSSR count). The van der Waals surface area contributed by atoms with Gasteiger partial charge in [-0.3, -0.25) is 4.79 Å². The summed E-state index contributed by atoms with van der Waals surface area (Å²) < 4.78 is 16.7. The van der Waals surface area contributed by atoms with Gasteiger partial charge in [0.25, 0.3) is 5.89 Å². The van der Waals surface area contributed by atoms with E-state index in [0.29, 0.717) is 54.4 Å². The quantitative estimate of drug-likeness (QED) is 0.543. The highest BCUT2D eigenvalue weighted by Crippen LogP contribution is 2.35. The van der Waals surface area contributed by atoms with Gasteiger partial charge in [0.2, 0.25) is 5.91 Å². The van der Waals surface area contributed by atoms with Crippen molar-refractivity contribution in [1.29, 1.82) is 0 Å². The fourth-order valence-corrected chi connectivity index (χ4v) is 3.58. The Morgan fingerprint density at radius 1 is 1.10 bits per heavy atom. The molecule has 2 heterocycles. The van der Waals surface area contributed by atoms with E-state index in [2.05, 4.69) is 10.1 Å². The SMILES string of the molecule is CCOc1ccc(-c2nc([C@H]3CC(=O)N(c4ccc(Cl)cc4)C3)no2)cc1OCC. The number of rotatable bonds is 7. The van der Waals surface area contributed by atoms with Gasteiger partial charge in [-0.05, 0) is 56.3 Å². The Morgan fingerprint density at radius 2 is 1.83 bits per heavy atom. The Bertz CT molecular complexity index is 1040. The van der Waals surface area contributed by atoms with Crippen molar-refractivity contribution in [3.63, 3.8) is 0 Å². The fraction of sp³-hybridized carbons (Fsp3) is 0.318. The van der Waals surface area contributed by atoms with Crippen molar-refractivity contribution in [2.24, 2.45) is 0 Å². The minimum atomic E-state index is -0.139. The van der Waals surface area contributed by atoms with Crippen molar-refractivity contribution in [2.75, 3.05) is 24.7 Å². The normalized spacial score (nSPS) is 16.2. The van der Waals surface area contributed by atoms with E-state index in [1.807, 2.05) is 44.2 Å². The molecule has 0 bridgehead atoms. The zero-order valence-corrected chi connectivity index (χ0v) is 17.6. The lowest BCUT2D eigenvalue weighted by Gasteiger charge is -2.16. The second kappa shape index (κ2) is 8.75. The van der Waals surface area contributed by atoms with Crippen LogP contribution >= 0.6 is 11.6 Å². The molecule has 0 aliphatic carbocycles. The van der Waals surface area contributed by atoms with Gasteiger partial charge in [0.05, 0.1) is 13.2 Å². The third kappa shape index (κ3) is 4.11. The molecule has 0 N–H and O–H groups in total. The van der Waals surface area contributed by atoms with E-state index in [1.165, 1.54) is 0 Å². The van der Waals surface area contributed by atoms with Crippen molar-refractivity contribution >= 4 is 23.2 Å². The molecule has 156 valence electrons. The molecule has 1 aromatic heterocycles. The average molecular weight is 428 g/mol. The summed E-state index contributed by atoms with van der Waals surface area (Å²) >= 11 is 5.95. The van der Waals surface area contributed by atoms with Crippen LogP contribution in [-0.2, 0) is 4.79 Å². The monoisotopic (exact) mass is 427 g/mol. The van der Waals surface area contributed by atoms with Gasteiger partial charge in [-0.15, -0.1) is 0 Å². The molecule has 1 aliphatic rings. The third-order valence-electron chi connectivity index (χ3n) is 4.86. The van der Waals surface area contributed by atoms with E-state index in [4.69, 9.17) is 25.6 Å². The van der Waals surface area contributed by atoms with Crippen molar-refractivity contribution < 1.29 is 18.8 Å². The Morgan fingerprint density at radius 3 is 2.57 bits per heavy atom. The molecule has 0 radical (unpaired) electrons. The van der Waals surface area contributed by atoms with E-state index in [9.17, 15) is 4.79 Å². The maximum atomic E-state index is 12.5. The Hall–Kier alpha value is -3.06. The molecule has 30 heavy (non-hydrogen) atoms. The number of nitrogens with zero attached hydrogens (tertiary/aromatic N) is 3. The van der Waals surface area contributed by atoms with E-state index >= 15 is 0 Å². The number of anilines is 1. The van der Waals surface area contributed by atoms with Crippen LogP contribution in [0.1, 0.15) is 32.0 Å². The Kier molecular flexibility index (Phi) is 5.90. The molecule has 0 spiro atoms. The first-order valence-electron chi connectivity index (χ1n) is 9.88. The predicted molar refractivity (Wildman–Crippen MR) is 113 cm³/mol. The summed E-state index contributed by atoms with van der Waals surface area (Å²) in [6, 6.07) is 12.7. The van der Waals surface area contributed by atoms with Gasteiger partial charge in [0.15, 0.2) is 17.3 Å². The minimum Gasteiger partial charge on any atom is -0.490 e. The number of benzene rings is 2. The topological polar surface area (TPSA) is 77.7 Å². The lowest BCUT2D eigenvalue weighted by molar-refractivity contribution is -0.117. The highest BCUT2D eigenvalue weighted by molar-refractivity contribution is 6.30. The summed E-state index contributed by atoms with van der Waals surface area (Å²) in [6.07, 6.45) is 0.328. The third-order valence-corrected chi connectivity index (χ3v) is 5.11. The molecule has 1 atom stereocenters. The van der Waals surface area contributed by atoms with Gasteiger partial charge in [0, 0.05) is 35.2 Å². The van der Waals surface area contributed by atoms with E-state index in [1.54, 1.807) is 17.0 Å². The highest BCUT2D eigenvalue weighted by Gasteiger charge is 2.34. The molecule has 0 unspecified atom stereocenters. The largest absolute Gasteiger partial charge is 0.490 e. The molecule has 0 saturated carbocycles. The van der Waals surface area contributed by atoms with Gasteiger partial charge in [-0.2, -0.15) is 4.98 Å². The maximum Gasteiger partial charge on any atom is 0.258 e. The van der Waals surface area contributed by atoms with Crippen molar-refractivity contribution in [1.82, 2.24) is 10.1 Å². The molecule has 1 amide bonds. The maximum absolute atomic E-state index is 12.5. The number of hydrogen-bond donors (Lipinski definition) is 0. The van der Waals surface area contributed by atoms with Crippen LogP contribution in [0.3, 0.4) is 0 Å². The van der Waals surface area contributed by atoms with Crippen LogP contribution in [0.5, 0.6) is 11.5 Å². The summed E-state index contributed by atoms with van der Waals surface area (Å²) in [5.74, 6) is 2.07. The van der Waals surface area contributed by atoms with Crippen molar-refractivity contribution in [3.8, 4) is 23.0 Å². The molecule has 8 heteroatoms. The standard InChI is InChI=1S/C22H22ClN3O4/c1-3-28-18-10-5-14(11-19(18)29-4-2)22-24-21(25-30-22)15-12-20(27)26(13-15)17-8-6-16(23)7-9-17/h5-11,15H,3-4,12-13H2,1-2H3/t15-/m0/s1. The number of hydrogen-bond acceptors (Lipinski definition) is 6. The smallest absolute Gasteiger partial charge is 0.258 e. The zero-order valence-electron chi connectivity index (χ0n) is 16.8. The first-order valence-corrected chi connectivity index (χ1v) is 10.3. The number of carbonyl (C=O) groups is 1. The predicted octanol–water partition coefficient (Wildman–Crippen LogP) is 4.71. The average Bonchev–Trinajstić information content (AvgIpc) is 3.37.